The second kappa shape index (κ2) is 8.55. The summed E-state index contributed by atoms with van der Waals surface area (Å²) < 4.78 is 10.7. The zero-order chi connectivity index (χ0) is 20.3. The molecule has 0 unspecified atom stereocenters. The van der Waals surface area contributed by atoms with Crippen LogP contribution in [0.2, 0.25) is 0 Å². The van der Waals surface area contributed by atoms with Crippen molar-refractivity contribution < 1.29 is 24.0 Å². The monoisotopic (exact) mass is 391 g/mol. The quantitative estimate of drug-likeness (QED) is 0.430. The van der Waals surface area contributed by atoms with Crippen LogP contribution < -0.4 is 4.90 Å². The van der Waals surface area contributed by atoms with Crippen molar-refractivity contribution in [1.29, 1.82) is 0 Å². The number of esters is 1. The van der Waals surface area contributed by atoms with Crippen molar-refractivity contribution in [3.63, 3.8) is 0 Å². The zero-order valence-corrected chi connectivity index (χ0v) is 16.1. The normalized spacial score (nSPS) is 22.2. The molecule has 0 bridgehead atoms. The summed E-state index contributed by atoms with van der Waals surface area (Å²) in [5.74, 6) is -1.06. The number of nitrogens with zero attached hydrogens (tertiary/aromatic N) is 3. The van der Waals surface area contributed by atoms with Gasteiger partial charge in [-0.3, -0.25) is 14.9 Å². The fourth-order valence-electron chi connectivity index (χ4n) is 3.71. The molecule has 2 fully saturated rings. The van der Waals surface area contributed by atoms with Crippen molar-refractivity contribution in [2.24, 2.45) is 0 Å². The van der Waals surface area contributed by atoms with Gasteiger partial charge < -0.3 is 19.3 Å². The Morgan fingerprint density at radius 3 is 2.46 bits per heavy atom. The van der Waals surface area contributed by atoms with Gasteiger partial charge in [0.05, 0.1) is 22.7 Å². The van der Waals surface area contributed by atoms with Crippen LogP contribution in [0.25, 0.3) is 0 Å². The van der Waals surface area contributed by atoms with E-state index >= 15 is 0 Å². The molecule has 2 heterocycles. The van der Waals surface area contributed by atoms with Crippen LogP contribution in [0.5, 0.6) is 0 Å². The highest BCUT2D eigenvalue weighted by molar-refractivity contribution is 5.93. The highest BCUT2D eigenvalue weighted by Crippen LogP contribution is 2.31. The Morgan fingerprint density at radius 1 is 1.21 bits per heavy atom. The lowest BCUT2D eigenvalue weighted by Crippen LogP contribution is -2.49. The highest BCUT2D eigenvalue weighted by atomic mass is 16.6. The zero-order valence-electron chi connectivity index (χ0n) is 16.1. The number of nitro groups is 1. The van der Waals surface area contributed by atoms with Gasteiger partial charge in [0.15, 0.2) is 6.61 Å². The molecule has 0 aromatic heterocycles. The summed E-state index contributed by atoms with van der Waals surface area (Å²) in [5, 5.41) is 11.4. The molecule has 1 aromatic rings. The number of benzene rings is 1. The standard InChI is InChI=1S/C19H25N3O6/c1-13-10-21(11-14(2)28-13)18(23)12-27-19(24)15-5-6-16(17(9-15)22(25)26)20-7-3-4-8-20/h5-6,9,13-14H,3-4,7-8,10-12H2,1-2H3/t13-,14-/m0/s1. The molecule has 9 heteroatoms. The van der Waals surface area contributed by atoms with E-state index in [1.165, 1.54) is 12.1 Å². The van der Waals surface area contributed by atoms with Gasteiger partial charge in [-0.2, -0.15) is 0 Å². The number of hydrogen-bond donors (Lipinski definition) is 0. The molecule has 1 aromatic carbocycles. The minimum absolute atomic E-state index is 0.0613. The molecule has 152 valence electrons. The highest BCUT2D eigenvalue weighted by Gasteiger charge is 2.27. The molecule has 2 aliphatic heterocycles. The van der Waals surface area contributed by atoms with E-state index in [0.717, 1.165) is 25.9 Å². The third kappa shape index (κ3) is 4.59. The molecular weight excluding hydrogens is 366 g/mol. The molecule has 0 radical (unpaired) electrons. The maximum atomic E-state index is 12.3. The molecule has 0 spiro atoms. The van der Waals surface area contributed by atoms with Gasteiger partial charge >= 0.3 is 5.97 Å². The number of hydrogen-bond acceptors (Lipinski definition) is 7. The first-order chi connectivity index (χ1) is 13.3. The number of morpholine rings is 1. The summed E-state index contributed by atoms with van der Waals surface area (Å²) >= 11 is 0. The Labute approximate surface area is 163 Å². The molecular formula is C19H25N3O6. The summed E-state index contributed by atoms with van der Waals surface area (Å²) in [7, 11) is 0. The molecule has 2 atom stereocenters. The Morgan fingerprint density at radius 2 is 1.86 bits per heavy atom. The maximum Gasteiger partial charge on any atom is 0.338 e. The Balaban J connectivity index is 1.64. The van der Waals surface area contributed by atoms with E-state index in [9.17, 15) is 19.7 Å². The molecule has 0 N–H and O–H groups in total. The largest absolute Gasteiger partial charge is 0.452 e. The number of carbonyl (C=O) groups is 2. The van der Waals surface area contributed by atoms with Gasteiger partial charge in [0.25, 0.3) is 11.6 Å². The van der Waals surface area contributed by atoms with E-state index < -0.39 is 17.5 Å². The first-order valence-corrected chi connectivity index (χ1v) is 9.49. The Hall–Kier alpha value is -2.68. The second-order valence-corrected chi connectivity index (χ2v) is 7.29. The van der Waals surface area contributed by atoms with Crippen molar-refractivity contribution >= 4 is 23.3 Å². The topological polar surface area (TPSA) is 102 Å². The van der Waals surface area contributed by atoms with E-state index in [1.807, 2.05) is 18.7 Å². The lowest BCUT2D eigenvalue weighted by Gasteiger charge is -2.35. The third-order valence-corrected chi connectivity index (χ3v) is 4.95. The summed E-state index contributed by atoms with van der Waals surface area (Å²) in [6.07, 6.45) is 1.82. The van der Waals surface area contributed by atoms with E-state index in [0.29, 0.717) is 18.8 Å². The van der Waals surface area contributed by atoms with Crippen LogP contribution in [0.15, 0.2) is 18.2 Å². The molecule has 2 saturated heterocycles. The van der Waals surface area contributed by atoms with Crippen LogP contribution in [0.1, 0.15) is 37.0 Å². The Kier molecular flexibility index (Phi) is 6.13. The average molecular weight is 391 g/mol. The number of nitro benzene ring substituents is 1. The van der Waals surface area contributed by atoms with Crippen molar-refractivity contribution in [1.82, 2.24) is 4.90 Å². The van der Waals surface area contributed by atoms with Gasteiger partial charge in [0.1, 0.15) is 5.69 Å². The number of anilines is 1. The third-order valence-electron chi connectivity index (χ3n) is 4.95. The van der Waals surface area contributed by atoms with Gasteiger partial charge in [-0.1, -0.05) is 0 Å². The van der Waals surface area contributed by atoms with Crippen LogP contribution in [-0.4, -0.2) is 66.7 Å². The van der Waals surface area contributed by atoms with Crippen LogP contribution in [0.4, 0.5) is 11.4 Å². The maximum absolute atomic E-state index is 12.3. The second-order valence-electron chi connectivity index (χ2n) is 7.29. The molecule has 0 saturated carbocycles. The van der Waals surface area contributed by atoms with Gasteiger partial charge in [-0.15, -0.1) is 0 Å². The summed E-state index contributed by atoms with van der Waals surface area (Å²) in [5.41, 5.74) is 0.441. The molecule has 0 aliphatic carbocycles. The number of ether oxygens (including phenoxy) is 2. The van der Waals surface area contributed by atoms with Crippen LogP contribution in [0.3, 0.4) is 0 Å². The molecule has 1 amide bonds. The SMILES string of the molecule is C[C@H]1CN(C(=O)COC(=O)c2ccc(N3CCCC3)c([N+](=O)[O-])c2)C[C@H](C)O1. The summed E-state index contributed by atoms with van der Waals surface area (Å²) in [4.78, 5) is 39.1. The lowest BCUT2D eigenvalue weighted by molar-refractivity contribution is -0.384. The smallest absolute Gasteiger partial charge is 0.338 e. The van der Waals surface area contributed by atoms with Crippen LogP contribution in [0, 0.1) is 10.1 Å². The fourth-order valence-corrected chi connectivity index (χ4v) is 3.71. The molecule has 2 aliphatic rings. The van der Waals surface area contributed by atoms with Crippen LogP contribution >= 0.6 is 0 Å². The number of rotatable bonds is 5. The van der Waals surface area contributed by atoms with Gasteiger partial charge in [0.2, 0.25) is 0 Å². The summed E-state index contributed by atoms with van der Waals surface area (Å²) in [6.45, 7) is 5.75. The van der Waals surface area contributed by atoms with Crippen molar-refractivity contribution in [3.8, 4) is 0 Å². The number of carbonyl (C=O) groups excluding carboxylic acids is 2. The first kappa shape index (κ1) is 20.1. The number of amides is 1. The summed E-state index contributed by atoms with van der Waals surface area (Å²) in [6, 6.07) is 4.30. The Bertz CT molecular complexity index is 752. The minimum Gasteiger partial charge on any atom is -0.452 e. The molecule has 28 heavy (non-hydrogen) atoms. The first-order valence-electron chi connectivity index (χ1n) is 9.49. The van der Waals surface area contributed by atoms with Crippen molar-refractivity contribution in [3.05, 3.63) is 33.9 Å². The average Bonchev–Trinajstić information content (AvgIpc) is 3.19. The van der Waals surface area contributed by atoms with Gasteiger partial charge in [-0.25, -0.2) is 4.79 Å². The molecule has 9 nitrogen and oxygen atoms in total. The van der Waals surface area contributed by atoms with Crippen molar-refractivity contribution in [2.75, 3.05) is 37.7 Å². The van der Waals surface area contributed by atoms with E-state index in [4.69, 9.17) is 9.47 Å². The molecule has 3 rings (SSSR count). The minimum atomic E-state index is -0.751. The van der Waals surface area contributed by atoms with Crippen molar-refractivity contribution in [2.45, 2.75) is 38.9 Å². The van der Waals surface area contributed by atoms with Crippen LogP contribution in [-0.2, 0) is 14.3 Å². The lowest BCUT2D eigenvalue weighted by atomic mass is 10.1. The van der Waals surface area contributed by atoms with Gasteiger partial charge in [0, 0.05) is 32.2 Å². The van der Waals surface area contributed by atoms with E-state index in [1.54, 1.807) is 11.0 Å². The van der Waals surface area contributed by atoms with E-state index in [2.05, 4.69) is 0 Å². The van der Waals surface area contributed by atoms with E-state index in [-0.39, 0.29) is 29.4 Å². The van der Waals surface area contributed by atoms with Gasteiger partial charge in [-0.05, 0) is 38.8 Å². The predicted molar refractivity (Wildman–Crippen MR) is 101 cm³/mol. The fraction of sp³-hybridized carbons (Fsp3) is 0.579. The predicted octanol–water partition coefficient (Wildman–Crippen LogP) is 1.99.